The van der Waals surface area contributed by atoms with Crippen LogP contribution in [0.2, 0.25) is 0 Å². The van der Waals surface area contributed by atoms with Gasteiger partial charge in [-0.25, -0.2) is 0 Å². The number of aromatic nitrogens is 1. The maximum Gasteiger partial charge on any atom is 0.248 e. The molecule has 0 saturated heterocycles. The molecule has 27 heavy (non-hydrogen) atoms. The maximum absolute atomic E-state index is 11.4. The standard InChI is InChI=1S/C18H20N4O.2C2H6/c1-2-3-4-10-20-13-17(22-19)15-7-5-14(6-8-15)16-9-11-21-18(23)12-16;2*1-2/h2,5-9,11-13H,1,3-4,10,19H2,(H,21,23);2*1-2H3/b20-13?,22-17+;;. The molecule has 0 radical (unpaired) electrons. The van der Waals surface area contributed by atoms with Gasteiger partial charge < -0.3 is 10.8 Å². The number of nitrogens with zero attached hydrogens (tertiary/aromatic N) is 2. The molecule has 0 aliphatic carbocycles. The molecule has 0 aliphatic rings. The van der Waals surface area contributed by atoms with Crippen LogP contribution in [0.5, 0.6) is 0 Å². The molecule has 0 bridgehead atoms. The summed E-state index contributed by atoms with van der Waals surface area (Å²) in [6.45, 7) is 12.4. The van der Waals surface area contributed by atoms with Crippen LogP contribution >= 0.6 is 0 Å². The molecule has 146 valence electrons. The monoisotopic (exact) mass is 368 g/mol. The molecule has 0 aliphatic heterocycles. The van der Waals surface area contributed by atoms with E-state index in [4.69, 9.17) is 5.84 Å². The molecule has 0 fully saturated rings. The van der Waals surface area contributed by atoms with Gasteiger partial charge in [0.2, 0.25) is 5.56 Å². The first-order chi connectivity index (χ1) is 13.2. The molecule has 0 saturated carbocycles. The van der Waals surface area contributed by atoms with E-state index in [1.54, 1.807) is 18.5 Å². The molecule has 1 aromatic carbocycles. The number of allylic oxidation sites excluding steroid dienone is 1. The van der Waals surface area contributed by atoms with E-state index in [9.17, 15) is 4.79 Å². The fourth-order valence-corrected chi connectivity index (χ4v) is 2.12. The van der Waals surface area contributed by atoms with Crippen LogP contribution in [-0.4, -0.2) is 23.5 Å². The zero-order valence-electron chi connectivity index (χ0n) is 16.9. The Kier molecular flexibility index (Phi) is 13.6. The lowest BCUT2D eigenvalue weighted by Crippen LogP contribution is -2.06. The highest BCUT2D eigenvalue weighted by Gasteiger charge is 2.03. The summed E-state index contributed by atoms with van der Waals surface area (Å²) in [7, 11) is 0. The normalized spacial score (nSPS) is 10.4. The number of hydrazone groups is 1. The number of benzene rings is 1. The molecule has 3 N–H and O–H groups in total. The SMILES string of the molecule is C=CCCCN=C/C(=N\N)c1ccc(-c2cc[nH]c(=O)c2)cc1.CC.CC. The van der Waals surface area contributed by atoms with Gasteiger partial charge in [0.15, 0.2) is 0 Å². The number of hydrogen-bond donors (Lipinski definition) is 2. The third-order valence-corrected chi connectivity index (χ3v) is 3.34. The fraction of sp³-hybridized carbons (Fsp3) is 0.318. The Labute approximate surface area is 162 Å². The summed E-state index contributed by atoms with van der Waals surface area (Å²) in [6.07, 6.45) is 7.09. The van der Waals surface area contributed by atoms with Crippen LogP contribution < -0.4 is 11.4 Å². The van der Waals surface area contributed by atoms with E-state index < -0.39 is 0 Å². The molecular weight excluding hydrogens is 336 g/mol. The van der Waals surface area contributed by atoms with Crippen molar-refractivity contribution in [1.82, 2.24) is 4.98 Å². The third kappa shape index (κ3) is 8.81. The smallest absolute Gasteiger partial charge is 0.248 e. The van der Waals surface area contributed by atoms with E-state index in [0.29, 0.717) is 5.71 Å². The highest BCUT2D eigenvalue weighted by Crippen LogP contribution is 2.17. The molecule has 0 unspecified atom stereocenters. The summed E-state index contributed by atoms with van der Waals surface area (Å²) in [4.78, 5) is 18.3. The molecule has 5 heteroatoms. The lowest BCUT2D eigenvalue weighted by atomic mass is 10.0. The van der Waals surface area contributed by atoms with Gasteiger partial charge in [0.25, 0.3) is 0 Å². The van der Waals surface area contributed by atoms with Crippen molar-refractivity contribution < 1.29 is 0 Å². The topological polar surface area (TPSA) is 83.6 Å². The van der Waals surface area contributed by atoms with Crippen LogP contribution in [0.25, 0.3) is 11.1 Å². The first kappa shape index (κ1) is 24.1. The minimum absolute atomic E-state index is 0.123. The van der Waals surface area contributed by atoms with Crippen LogP contribution in [0, 0.1) is 0 Å². The van der Waals surface area contributed by atoms with Gasteiger partial charge in [-0.3, -0.25) is 9.79 Å². The van der Waals surface area contributed by atoms with Gasteiger partial charge in [0.05, 0.1) is 0 Å². The molecular formula is C22H32N4O. The predicted octanol–water partition coefficient (Wildman–Crippen LogP) is 4.79. The number of pyridine rings is 1. The Balaban J connectivity index is 0.00000158. The molecule has 5 nitrogen and oxygen atoms in total. The average molecular weight is 369 g/mol. The van der Waals surface area contributed by atoms with E-state index in [-0.39, 0.29) is 5.56 Å². The van der Waals surface area contributed by atoms with Crippen molar-refractivity contribution in [2.75, 3.05) is 6.54 Å². The van der Waals surface area contributed by atoms with Crippen molar-refractivity contribution in [3.8, 4) is 11.1 Å². The number of nitrogens with one attached hydrogen (secondary N) is 1. The molecule has 1 heterocycles. The summed E-state index contributed by atoms with van der Waals surface area (Å²) >= 11 is 0. The second kappa shape index (κ2) is 15.3. The number of rotatable bonds is 7. The number of unbranched alkanes of at least 4 members (excludes halogenated alkanes) is 1. The van der Waals surface area contributed by atoms with E-state index in [1.807, 2.05) is 64.1 Å². The lowest BCUT2D eigenvalue weighted by Gasteiger charge is -2.04. The van der Waals surface area contributed by atoms with Crippen molar-refractivity contribution in [3.05, 3.63) is 71.2 Å². The number of hydrogen-bond acceptors (Lipinski definition) is 4. The number of H-pyrrole nitrogens is 1. The molecule has 2 rings (SSSR count). The minimum atomic E-state index is -0.123. The van der Waals surface area contributed by atoms with Gasteiger partial charge in [-0.15, -0.1) is 6.58 Å². The Morgan fingerprint density at radius 2 is 1.78 bits per heavy atom. The fourth-order valence-electron chi connectivity index (χ4n) is 2.12. The van der Waals surface area contributed by atoms with Gasteiger partial charge in [0, 0.05) is 30.6 Å². The van der Waals surface area contributed by atoms with E-state index in [0.717, 1.165) is 36.1 Å². The maximum atomic E-state index is 11.4. The second-order valence-corrected chi connectivity index (χ2v) is 5.00. The van der Waals surface area contributed by atoms with Gasteiger partial charge in [0.1, 0.15) is 5.71 Å². The Morgan fingerprint density at radius 1 is 1.11 bits per heavy atom. The molecule has 1 aromatic heterocycles. The van der Waals surface area contributed by atoms with Crippen molar-refractivity contribution in [2.45, 2.75) is 40.5 Å². The number of aromatic amines is 1. The minimum Gasteiger partial charge on any atom is -0.329 e. The second-order valence-electron chi connectivity index (χ2n) is 5.00. The third-order valence-electron chi connectivity index (χ3n) is 3.34. The molecule has 2 aromatic rings. The van der Waals surface area contributed by atoms with Crippen molar-refractivity contribution in [3.63, 3.8) is 0 Å². The zero-order chi connectivity index (χ0) is 20.5. The quantitative estimate of drug-likeness (QED) is 0.242. The van der Waals surface area contributed by atoms with Crippen molar-refractivity contribution >= 4 is 11.9 Å². The van der Waals surface area contributed by atoms with Crippen LogP contribution in [0.15, 0.2) is 70.1 Å². The summed E-state index contributed by atoms with van der Waals surface area (Å²) in [5, 5.41) is 3.78. The van der Waals surface area contributed by atoms with E-state index >= 15 is 0 Å². The number of aliphatic imine (C=N–C) groups is 1. The molecule has 0 atom stereocenters. The summed E-state index contributed by atoms with van der Waals surface area (Å²) in [5.41, 5.74) is 3.21. The highest BCUT2D eigenvalue weighted by atomic mass is 16.1. The summed E-state index contributed by atoms with van der Waals surface area (Å²) in [5.74, 6) is 5.45. The van der Waals surface area contributed by atoms with Crippen LogP contribution in [-0.2, 0) is 0 Å². The Hall–Kier alpha value is -2.95. The first-order valence-electron chi connectivity index (χ1n) is 9.42. The van der Waals surface area contributed by atoms with Crippen LogP contribution in [0.4, 0.5) is 0 Å². The average Bonchev–Trinajstić information content (AvgIpc) is 2.74. The summed E-state index contributed by atoms with van der Waals surface area (Å²) < 4.78 is 0. The predicted molar refractivity (Wildman–Crippen MR) is 119 cm³/mol. The van der Waals surface area contributed by atoms with Crippen molar-refractivity contribution in [1.29, 1.82) is 0 Å². The van der Waals surface area contributed by atoms with Gasteiger partial charge in [-0.1, -0.05) is 58.0 Å². The van der Waals surface area contributed by atoms with E-state index in [1.165, 1.54) is 0 Å². The van der Waals surface area contributed by atoms with Crippen LogP contribution in [0.1, 0.15) is 46.1 Å². The van der Waals surface area contributed by atoms with E-state index in [2.05, 4.69) is 21.7 Å². The molecule has 0 amide bonds. The first-order valence-corrected chi connectivity index (χ1v) is 9.42. The Bertz CT molecular complexity index is 758. The van der Waals surface area contributed by atoms with Gasteiger partial charge in [-0.05, 0) is 30.0 Å². The number of nitrogens with two attached hydrogens (primary N) is 1. The zero-order valence-corrected chi connectivity index (χ0v) is 16.9. The van der Waals surface area contributed by atoms with Crippen molar-refractivity contribution in [2.24, 2.45) is 15.9 Å². The lowest BCUT2D eigenvalue weighted by molar-refractivity contribution is 0.861. The highest BCUT2D eigenvalue weighted by molar-refractivity contribution is 6.38. The largest absolute Gasteiger partial charge is 0.329 e. The Morgan fingerprint density at radius 3 is 2.33 bits per heavy atom. The molecule has 0 spiro atoms. The van der Waals surface area contributed by atoms with Gasteiger partial charge >= 0.3 is 0 Å². The summed E-state index contributed by atoms with van der Waals surface area (Å²) in [6, 6.07) is 11.1. The van der Waals surface area contributed by atoms with Gasteiger partial charge in [-0.2, -0.15) is 5.10 Å². The van der Waals surface area contributed by atoms with Crippen LogP contribution in [0.3, 0.4) is 0 Å².